The number of hydrogen-bond donors (Lipinski definition) is 1. The second kappa shape index (κ2) is 6.92. The Bertz CT molecular complexity index is 1020. The van der Waals surface area contributed by atoms with Gasteiger partial charge in [-0.25, -0.2) is 0 Å². The monoisotopic (exact) mass is 365 g/mol. The average molecular weight is 365 g/mol. The number of aromatic nitrogens is 1. The van der Waals surface area contributed by atoms with Crippen LogP contribution in [0.25, 0.3) is 17.2 Å². The fraction of sp³-hybridized carbons (Fsp3) is 0.190. The smallest absolute Gasteiger partial charge is 0.374 e. The van der Waals surface area contributed by atoms with Crippen molar-refractivity contribution in [3.8, 4) is 5.75 Å². The van der Waals surface area contributed by atoms with Gasteiger partial charge in [0.25, 0.3) is 5.52 Å². The van der Waals surface area contributed by atoms with Crippen molar-refractivity contribution in [2.75, 3.05) is 11.4 Å². The number of phenolic OH excluding ortho intramolecular Hbond substituents is 1. The van der Waals surface area contributed by atoms with Gasteiger partial charge >= 0.3 is 5.89 Å². The van der Waals surface area contributed by atoms with Crippen LogP contribution in [0.1, 0.15) is 19.7 Å². The Hall–Kier alpha value is -2.66. The Morgan fingerprint density at radius 3 is 2.85 bits per heavy atom. The highest BCUT2D eigenvalue weighted by atomic mass is 32.2. The van der Waals surface area contributed by atoms with Crippen molar-refractivity contribution in [1.29, 1.82) is 0 Å². The number of aromatic hydroxyl groups is 1. The van der Waals surface area contributed by atoms with Crippen LogP contribution in [-0.2, 0) is 6.54 Å². The molecule has 3 aromatic rings. The van der Waals surface area contributed by atoms with Gasteiger partial charge in [0.15, 0.2) is 0 Å². The number of benzene rings is 2. The summed E-state index contributed by atoms with van der Waals surface area (Å²) in [5.74, 6) is 1.14. The molecule has 2 aromatic carbocycles. The normalized spacial score (nSPS) is 15.5. The molecule has 1 aliphatic heterocycles. The molecule has 0 bridgehead atoms. The Labute approximate surface area is 157 Å². The van der Waals surface area contributed by atoms with Crippen LogP contribution in [0.4, 0.5) is 5.69 Å². The van der Waals surface area contributed by atoms with E-state index in [2.05, 4.69) is 35.5 Å². The average Bonchev–Trinajstić information content (AvgIpc) is 3.18. The van der Waals surface area contributed by atoms with Crippen LogP contribution in [0.15, 0.2) is 69.0 Å². The fourth-order valence-electron chi connectivity index (χ4n) is 3.26. The summed E-state index contributed by atoms with van der Waals surface area (Å²) in [5.41, 5.74) is 3.06. The zero-order chi connectivity index (χ0) is 18.1. The second-order valence-electron chi connectivity index (χ2n) is 6.01. The number of nitrogens with zero attached hydrogens (tertiary/aromatic N) is 2. The minimum Gasteiger partial charge on any atom is -0.508 e. The third-order valence-corrected chi connectivity index (χ3v) is 5.59. The maximum Gasteiger partial charge on any atom is 0.374 e. The fourth-order valence-corrected chi connectivity index (χ4v) is 4.37. The topological polar surface area (TPSA) is 40.5 Å². The standard InChI is InChI=1S/C21H20N2O2S/c1-3-22-16-8-5-6-9-18(16)25-20(22)10-7-11-21-23(4-2)17-14-15(24)12-13-19(17)26-21/h5-14H,3-4H2,1-2H3/p+1. The van der Waals surface area contributed by atoms with Crippen molar-refractivity contribution >= 4 is 34.6 Å². The van der Waals surface area contributed by atoms with Gasteiger partial charge in [0.2, 0.25) is 5.58 Å². The van der Waals surface area contributed by atoms with Crippen LogP contribution >= 0.6 is 11.8 Å². The number of phenols is 1. The molecular weight excluding hydrogens is 344 g/mol. The predicted octanol–water partition coefficient (Wildman–Crippen LogP) is 4.93. The lowest BCUT2D eigenvalue weighted by atomic mass is 10.2. The number of anilines is 1. The highest BCUT2D eigenvalue weighted by Gasteiger charge is 2.24. The number of thioether (sulfide) groups is 1. The van der Waals surface area contributed by atoms with Gasteiger partial charge in [0.1, 0.15) is 12.3 Å². The van der Waals surface area contributed by atoms with E-state index in [9.17, 15) is 5.11 Å². The summed E-state index contributed by atoms with van der Waals surface area (Å²) in [7, 11) is 0. The van der Waals surface area contributed by atoms with Crippen molar-refractivity contribution in [1.82, 2.24) is 0 Å². The van der Waals surface area contributed by atoms with E-state index in [1.54, 1.807) is 17.8 Å². The maximum atomic E-state index is 9.76. The minimum atomic E-state index is 0.297. The zero-order valence-corrected chi connectivity index (χ0v) is 15.7. The summed E-state index contributed by atoms with van der Waals surface area (Å²) in [6.07, 6.45) is 6.13. The van der Waals surface area contributed by atoms with E-state index >= 15 is 0 Å². The lowest BCUT2D eigenvalue weighted by Crippen LogP contribution is -2.33. The minimum absolute atomic E-state index is 0.297. The van der Waals surface area contributed by atoms with E-state index in [1.165, 1.54) is 0 Å². The molecule has 0 radical (unpaired) electrons. The van der Waals surface area contributed by atoms with E-state index in [4.69, 9.17) is 4.42 Å². The molecule has 0 unspecified atom stereocenters. The number of fused-ring (bicyclic) bond motifs is 2. The van der Waals surface area contributed by atoms with Gasteiger partial charge in [-0.15, -0.1) is 0 Å². The molecular formula is C21H21N2O2S+. The van der Waals surface area contributed by atoms with Gasteiger partial charge < -0.3 is 14.4 Å². The Morgan fingerprint density at radius 1 is 1.19 bits per heavy atom. The van der Waals surface area contributed by atoms with Crippen LogP contribution in [-0.4, -0.2) is 11.7 Å². The molecule has 1 aliphatic rings. The molecule has 4 nitrogen and oxygen atoms in total. The highest BCUT2D eigenvalue weighted by Crippen LogP contribution is 2.46. The lowest BCUT2D eigenvalue weighted by Gasteiger charge is -2.17. The Kier molecular flexibility index (Phi) is 4.47. The molecule has 5 heteroatoms. The number of allylic oxidation sites excluding steroid dienone is 2. The number of rotatable bonds is 4. The molecule has 0 atom stereocenters. The Morgan fingerprint density at radius 2 is 2.04 bits per heavy atom. The summed E-state index contributed by atoms with van der Waals surface area (Å²) in [6.45, 7) is 5.94. The van der Waals surface area contributed by atoms with Crippen LogP contribution in [0.3, 0.4) is 0 Å². The molecule has 132 valence electrons. The van der Waals surface area contributed by atoms with Crippen LogP contribution < -0.4 is 9.47 Å². The van der Waals surface area contributed by atoms with Crippen LogP contribution in [0.5, 0.6) is 5.75 Å². The number of para-hydroxylation sites is 2. The first-order valence-electron chi connectivity index (χ1n) is 8.79. The van der Waals surface area contributed by atoms with Gasteiger partial charge in [-0.3, -0.25) is 0 Å². The zero-order valence-electron chi connectivity index (χ0n) is 14.8. The first-order valence-corrected chi connectivity index (χ1v) is 9.61. The third kappa shape index (κ3) is 2.88. The molecule has 4 rings (SSSR count). The number of aryl methyl sites for hydroxylation is 1. The summed E-state index contributed by atoms with van der Waals surface area (Å²) >= 11 is 1.71. The van der Waals surface area contributed by atoms with Crippen LogP contribution in [0, 0.1) is 0 Å². The molecule has 0 amide bonds. The first-order chi connectivity index (χ1) is 12.7. The van der Waals surface area contributed by atoms with Crippen molar-refractivity contribution in [3.05, 3.63) is 65.5 Å². The van der Waals surface area contributed by atoms with E-state index in [0.717, 1.165) is 45.7 Å². The summed E-state index contributed by atoms with van der Waals surface area (Å²) in [4.78, 5) is 3.37. The summed E-state index contributed by atoms with van der Waals surface area (Å²) < 4.78 is 8.14. The first kappa shape index (κ1) is 16.8. The molecule has 26 heavy (non-hydrogen) atoms. The number of hydrogen-bond acceptors (Lipinski definition) is 4. The van der Waals surface area contributed by atoms with E-state index in [-0.39, 0.29) is 0 Å². The summed E-state index contributed by atoms with van der Waals surface area (Å²) in [5, 5.41) is 10.9. The maximum absolute atomic E-state index is 9.76. The van der Waals surface area contributed by atoms with Gasteiger partial charge in [-0.2, -0.15) is 4.57 Å². The molecule has 1 N–H and O–H groups in total. The van der Waals surface area contributed by atoms with Crippen LogP contribution in [0.2, 0.25) is 0 Å². The highest BCUT2D eigenvalue weighted by molar-refractivity contribution is 8.03. The molecule has 0 spiro atoms. The third-order valence-electron chi connectivity index (χ3n) is 4.46. The van der Waals surface area contributed by atoms with Crippen molar-refractivity contribution in [2.24, 2.45) is 0 Å². The molecule has 2 heterocycles. The van der Waals surface area contributed by atoms with Crippen molar-refractivity contribution in [2.45, 2.75) is 25.3 Å². The molecule has 1 aromatic heterocycles. The van der Waals surface area contributed by atoms with Gasteiger partial charge in [0.05, 0.1) is 16.8 Å². The van der Waals surface area contributed by atoms with Gasteiger partial charge in [-0.1, -0.05) is 23.9 Å². The largest absolute Gasteiger partial charge is 0.508 e. The predicted molar refractivity (Wildman–Crippen MR) is 106 cm³/mol. The van der Waals surface area contributed by atoms with Crippen molar-refractivity contribution in [3.63, 3.8) is 0 Å². The second-order valence-corrected chi connectivity index (χ2v) is 7.08. The molecule has 0 saturated heterocycles. The molecule has 0 fully saturated rings. The van der Waals surface area contributed by atoms with Crippen molar-refractivity contribution < 1.29 is 14.1 Å². The van der Waals surface area contributed by atoms with E-state index < -0.39 is 0 Å². The number of oxazole rings is 1. The quantitative estimate of drug-likeness (QED) is 0.666. The van der Waals surface area contributed by atoms with E-state index in [1.807, 2.05) is 42.5 Å². The summed E-state index contributed by atoms with van der Waals surface area (Å²) in [6, 6.07) is 13.6. The van der Waals surface area contributed by atoms with Gasteiger partial charge in [0, 0.05) is 23.6 Å². The van der Waals surface area contributed by atoms with Gasteiger partial charge in [-0.05, 0) is 44.2 Å². The lowest BCUT2D eigenvalue weighted by molar-refractivity contribution is -0.674. The molecule has 0 saturated carbocycles. The Balaban J connectivity index is 1.64. The molecule has 0 aliphatic carbocycles. The SMILES string of the molecule is CCN1/C(=C/C=C/c2oc3ccccc3[n+]2CC)Sc2ccc(O)cc21. The van der Waals surface area contributed by atoms with E-state index in [0.29, 0.717) is 5.75 Å².